The molecule has 2 heterocycles. The zero-order chi connectivity index (χ0) is 16.2. The van der Waals surface area contributed by atoms with Crippen molar-refractivity contribution in [3.63, 3.8) is 0 Å². The minimum Gasteiger partial charge on any atom is -0.348 e. The SMILES string of the molecule is CCC(C)NC(=O)c1ccc(N2CCCc3ccccc32)cn1. The van der Waals surface area contributed by atoms with E-state index in [1.165, 1.54) is 11.3 Å². The third-order valence-corrected chi connectivity index (χ3v) is 4.39. The van der Waals surface area contributed by atoms with Crippen LogP contribution in [-0.4, -0.2) is 23.5 Å². The smallest absolute Gasteiger partial charge is 0.270 e. The Bertz CT molecular complexity index is 681. The van der Waals surface area contributed by atoms with Crippen LogP contribution in [-0.2, 0) is 6.42 Å². The van der Waals surface area contributed by atoms with Gasteiger partial charge in [0.1, 0.15) is 5.69 Å². The van der Waals surface area contributed by atoms with Crippen LogP contribution in [0.3, 0.4) is 0 Å². The number of rotatable bonds is 4. The summed E-state index contributed by atoms with van der Waals surface area (Å²) >= 11 is 0. The first kappa shape index (κ1) is 15.5. The highest BCUT2D eigenvalue weighted by molar-refractivity contribution is 5.92. The lowest BCUT2D eigenvalue weighted by molar-refractivity contribution is 0.0934. The molecule has 0 radical (unpaired) electrons. The van der Waals surface area contributed by atoms with Gasteiger partial charge in [-0.15, -0.1) is 0 Å². The van der Waals surface area contributed by atoms with Gasteiger partial charge in [-0.3, -0.25) is 4.79 Å². The van der Waals surface area contributed by atoms with Gasteiger partial charge in [-0.25, -0.2) is 4.98 Å². The summed E-state index contributed by atoms with van der Waals surface area (Å²) in [5, 5.41) is 2.95. The fraction of sp³-hybridized carbons (Fsp3) is 0.368. The van der Waals surface area contributed by atoms with E-state index in [1.54, 1.807) is 6.20 Å². The first-order valence-corrected chi connectivity index (χ1v) is 8.31. The van der Waals surface area contributed by atoms with Crippen molar-refractivity contribution in [3.05, 3.63) is 53.9 Å². The molecule has 1 aromatic heterocycles. The Hall–Kier alpha value is -2.36. The Balaban J connectivity index is 1.79. The van der Waals surface area contributed by atoms with Crippen LogP contribution in [0.25, 0.3) is 0 Å². The Morgan fingerprint density at radius 2 is 2.13 bits per heavy atom. The zero-order valence-corrected chi connectivity index (χ0v) is 13.7. The molecule has 1 aliphatic heterocycles. The molecule has 4 heteroatoms. The first-order chi connectivity index (χ1) is 11.2. The van der Waals surface area contributed by atoms with Crippen molar-refractivity contribution in [2.24, 2.45) is 0 Å². The van der Waals surface area contributed by atoms with Gasteiger partial charge in [0.05, 0.1) is 11.9 Å². The lowest BCUT2D eigenvalue weighted by Gasteiger charge is -2.31. The average molecular weight is 309 g/mol. The van der Waals surface area contributed by atoms with Crippen molar-refractivity contribution in [1.82, 2.24) is 10.3 Å². The van der Waals surface area contributed by atoms with Gasteiger partial charge in [0.25, 0.3) is 5.91 Å². The zero-order valence-electron chi connectivity index (χ0n) is 13.7. The number of hydrogen-bond acceptors (Lipinski definition) is 3. The Morgan fingerprint density at radius 3 is 2.87 bits per heavy atom. The van der Waals surface area contributed by atoms with E-state index in [2.05, 4.69) is 46.4 Å². The maximum absolute atomic E-state index is 12.1. The highest BCUT2D eigenvalue weighted by Crippen LogP contribution is 2.32. The van der Waals surface area contributed by atoms with Gasteiger partial charge in [0, 0.05) is 18.3 Å². The summed E-state index contributed by atoms with van der Waals surface area (Å²) in [6, 6.07) is 12.4. The molecule has 0 saturated carbocycles. The molecule has 3 rings (SSSR count). The van der Waals surface area contributed by atoms with Crippen LogP contribution in [0.5, 0.6) is 0 Å². The van der Waals surface area contributed by atoms with Crippen LogP contribution < -0.4 is 10.2 Å². The van der Waals surface area contributed by atoms with Crippen molar-refractivity contribution in [2.75, 3.05) is 11.4 Å². The maximum Gasteiger partial charge on any atom is 0.270 e. The van der Waals surface area contributed by atoms with Gasteiger partial charge in [0.15, 0.2) is 0 Å². The largest absolute Gasteiger partial charge is 0.348 e. The molecule has 23 heavy (non-hydrogen) atoms. The summed E-state index contributed by atoms with van der Waals surface area (Å²) < 4.78 is 0. The highest BCUT2D eigenvalue weighted by atomic mass is 16.1. The average Bonchev–Trinajstić information content (AvgIpc) is 2.61. The van der Waals surface area contributed by atoms with Crippen LogP contribution in [0.2, 0.25) is 0 Å². The van der Waals surface area contributed by atoms with E-state index in [9.17, 15) is 4.79 Å². The molecule has 0 saturated heterocycles. The second-order valence-corrected chi connectivity index (χ2v) is 6.07. The molecule has 1 amide bonds. The number of benzene rings is 1. The molecule has 2 aromatic rings. The van der Waals surface area contributed by atoms with Crippen molar-refractivity contribution in [2.45, 2.75) is 39.2 Å². The summed E-state index contributed by atoms with van der Waals surface area (Å²) in [6.45, 7) is 5.03. The van der Waals surface area contributed by atoms with Crippen molar-refractivity contribution >= 4 is 17.3 Å². The number of aromatic nitrogens is 1. The number of fused-ring (bicyclic) bond motifs is 1. The number of carbonyl (C=O) groups is 1. The summed E-state index contributed by atoms with van der Waals surface area (Å²) in [6.07, 6.45) is 4.96. The lowest BCUT2D eigenvalue weighted by atomic mass is 10.0. The highest BCUT2D eigenvalue weighted by Gasteiger charge is 2.18. The third-order valence-electron chi connectivity index (χ3n) is 4.39. The number of para-hydroxylation sites is 1. The van der Waals surface area contributed by atoms with Crippen molar-refractivity contribution in [3.8, 4) is 0 Å². The molecule has 1 aliphatic rings. The van der Waals surface area contributed by atoms with Crippen molar-refractivity contribution in [1.29, 1.82) is 0 Å². The van der Waals surface area contributed by atoms with E-state index in [1.807, 2.05) is 19.1 Å². The van der Waals surface area contributed by atoms with E-state index >= 15 is 0 Å². The van der Waals surface area contributed by atoms with E-state index < -0.39 is 0 Å². The fourth-order valence-corrected chi connectivity index (χ4v) is 2.88. The van der Waals surface area contributed by atoms with Crippen LogP contribution >= 0.6 is 0 Å². The molecule has 1 aromatic carbocycles. The summed E-state index contributed by atoms with van der Waals surface area (Å²) in [7, 11) is 0. The number of pyridine rings is 1. The topological polar surface area (TPSA) is 45.2 Å². The second kappa shape index (κ2) is 6.82. The van der Waals surface area contributed by atoms with E-state index in [-0.39, 0.29) is 11.9 Å². The standard InChI is InChI=1S/C19H23N3O/c1-3-14(2)21-19(23)17-11-10-16(13-20-17)22-12-6-8-15-7-4-5-9-18(15)22/h4-5,7,9-11,13-14H,3,6,8,12H2,1-2H3,(H,21,23). The molecule has 4 nitrogen and oxygen atoms in total. The Labute approximate surface area is 137 Å². The number of carbonyl (C=O) groups excluding carboxylic acids is 1. The molecule has 0 spiro atoms. The number of anilines is 2. The van der Waals surface area contributed by atoms with Crippen molar-refractivity contribution < 1.29 is 4.79 Å². The van der Waals surface area contributed by atoms with E-state index in [0.717, 1.165) is 31.5 Å². The molecule has 0 fully saturated rings. The summed E-state index contributed by atoms with van der Waals surface area (Å²) in [4.78, 5) is 18.8. The molecule has 0 bridgehead atoms. The van der Waals surface area contributed by atoms with Gasteiger partial charge in [-0.2, -0.15) is 0 Å². The number of nitrogens with one attached hydrogen (secondary N) is 1. The third kappa shape index (κ3) is 3.36. The lowest BCUT2D eigenvalue weighted by Crippen LogP contribution is -2.32. The molecule has 1 N–H and O–H groups in total. The van der Waals surface area contributed by atoms with Crippen LogP contribution in [0, 0.1) is 0 Å². The van der Waals surface area contributed by atoms with Gasteiger partial charge >= 0.3 is 0 Å². The molecule has 0 aliphatic carbocycles. The van der Waals surface area contributed by atoms with Gasteiger partial charge in [-0.1, -0.05) is 25.1 Å². The number of hydrogen-bond donors (Lipinski definition) is 1. The Morgan fingerprint density at radius 1 is 1.30 bits per heavy atom. The quantitative estimate of drug-likeness (QED) is 0.937. The van der Waals surface area contributed by atoms with Gasteiger partial charge < -0.3 is 10.2 Å². The minimum absolute atomic E-state index is 0.107. The summed E-state index contributed by atoms with van der Waals surface area (Å²) in [5.41, 5.74) is 4.13. The number of nitrogens with zero attached hydrogens (tertiary/aromatic N) is 2. The summed E-state index contributed by atoms with van der Waals surface area (Å²) in [5.74, 6) is -0.107. The molecular formula is C19H23N3O. The molecule has 1 atom stereocenters. The van der Waals surface area contributed by atoms with Gasteiger partial charge in [0.2, 0.25) is 0 Å². The number of aryl methyl sites for hydroxylation is 1. The predicted molar refractivity (Wildman–Crippen MR) is 93.2 cm³/mol. The monoisotopic (exact) mass is 309 g/mol. The normalized spacial score (nSPS) is 15.0. The van der Waals surface area contributed by atoms with Crippen LogP contribution in [0.1, 0.15) is 42.7 Å². The molecular weight excluding hydrogens is 286 g/mol. The predicted octanol–water partition coefficient (Wildman–Crippen LogP) is 3.69. The molecule has 120 valence electrons. The Kier molecular flexibility index (Phi) is 4.60. The number of amides is 1. The van der Waals surface area contributed by atoms with E-state index in [4.69, 9.17) is 0 Å². The van der Waals surface area contributed by atoms with E-state index in [0.29, 0.717) is 5.69 Å². The fourth-order valence-electron chi connectivity index (χ4n) is 2.88. The van der Waals surface area contributed by atoms with Crippen LogP contribution in [0.4, 0.5) is 11.4 Å². The minimum atomic E-state index is -0.107. The maximum atomic E-state index is 12.1. The first-order valence-electron chi connectivity index (χ1n) is 8.31. The van der Waals surface area contributed by atoms with Crippen LogP contribution in [0.15, 0.2) is 42.6 Å². The molecule has 1 unspecified atom stereocenters. The second-order valence-electron chi connectivity index (χ2n) is 6.07. The van der Waals surface area contributed by atoms with Gasteiger partial charge in [-0.05, 0) is 49.9 Å².